The molecule has 0 aromatic rings. The van der Waals surface area contributed by atoms with E-state index in [1.165, 1.54) is 25.7 Å². The second-order valence-corrected chi connectivity index (χ2v) is 2.38. The van der Waals surface area contributed by atoms with Gasteiger partial charge in [-0.15, -0.1) is 0 Å². The van der Waals surface area contributed by atoms with Crippen molar-refractivity contribution in [3.8, 4) is 0 Å². The number of carbonyl (C=O) groups is 2. The molecule has 1 aliphatic carbocycles. The lowest BCUT2D eigenvalue weighted by Gasteiger charge is -2.05. The number of carboxylic acid groups (broad SMARTS) is 2. The molecule has 1 aliphatic rings. The predicted molar refractivity (Wildman–Crippen MR) is 49.5 cm³/mol. The first-order valence-corrected chi connectivity index (χ1v) is 3.56. The van der Waals surface area contributed by atoms with Crippen molar-refractivity contribution in [3.05, 3.63) is 0 Å². The van der Waals surface area contributed by atoms with Crippen LogP contribution in [0.25, 0.3) is 0 Å². The topological polar surface area (TPSA) is 74.6 Å². The fraction of sp³-hybridized carbons (Fsp3) is 0.714. The summed E-state index contributed by atoms with van der Waals surface area (Å²) in [5, 5.41) is 15.4. The number of rotatable bonds is 2. The maximum atomic E-state index is 9.43. The van der Waals surface area contributed by atoms with Crippen molar-refractivity contribution in [3.63, 3.8) is 0 Å². The van der Waals surface area contributed by atoms with Crippen LogP contribution in [-0.2, 0) is 9.59 Å². The summed E-state index contributed by atoms with van der Waals surface area (Å²) < 4.78 is 0. The van der Waals surface area contributed by atoms with Gasteiger partial charge in [0.15, 0.2) is 0 Å². The SMILES string of the molecule is C1CCC1.O=C(O)CC(=O)O.P. The third-order valence-electron chi connectivity index (χ3n) is 1.30. The van der Waals surface area contributed by atoms with Crippen molar-refractivity contribution in [2.75, 3.05) is 0 Å². The van der Waals surface area contributed by atoms with Crippen LogP contribution < -0.4 is 0 Å². The molecule has 1 saturated carbocycles. The largest absolute Gasteiger partial charge is 0.481 e. The van der Waals surface area contributed by atoms with Crippen molar-refractivity contribution in [2.24, 2.45) is 0 Å². The zero-order chi connectivity index (χ0) is 8.69. The zero-order valence-corrected chi connectivity index (χ0v) is 8.37. The number of hydrogen-bond donors (Lipinski definition) is 2. The van der Waals surface area contributed by atoms with E-state index in [4.69, 9.17) is 10.2 Å². The first-order chi connectivity index (χ1) is 5.13. The fourth-order valence-corrected chi connectivity index (χ4v) is 0.379. The van der Waals surface area contributed by atoms with Gasteiger partial charge >= 0.3 is 11.9 Å². The zero-order valence-electron chi connectivity index (χ0n) is 6.95. The van der Waals surface area contributed by atoms with E-state index < -0.39 is 18.4 Å². The van der Waals surface area contributed by atoms with E-state index in [0.717, 1.165) is 0 Å². The van der Waals surface area contributed by atoms with Crippen LogP contribution >= 0.6 is 9.90 Å². The number of hydrogen-bond acceptors (Lipinski definition) is 2. The highest BCUT2D eigenvalue weighted by Crippen LogP contribution is 2.15. The Morgan fingerprint density at radius 3 is 1.17 bits per heavy atom. The molecule has 0 saturated heterocycles. The van der Waals surface area contributed by atoms with E-state index in [9.17, 15) is 9.59 Å². The van der Waals surface area contributed by atoms with Crippen molar-refractivity contribution in [2.45, 2.75) is 32.1 Å². The maximum absolute atomic E-state index is 9.43. The molecule has 0 amide bonds. The lowest BCUT2D eigenvalue weighted by Crippen LogP contribution is -2.03. The van der Waals surface area contributed by atoms with Gasteiger partial charge in [-0.25, -0.2) is 0 Å². The standard InChI is InChI=1S/C4H8.C3H4O4.H3P/c1-2-4-3-1;4-2(5)1-3(6)7;/h1-4H2;1H2,(H,4,5)(H,6,7);1H3. The summed E-state index contributed by atoms with van der Waals surface area (Å²) in [5.41, 5.74) is 0. The van der Waals surface area contributed by atoms with Gasteiger partial charge in [0.1, 0.15) is 6.42 Å². The molecule has 0 spiro atoms. The summed E-state index contributed by atoms with van der Waals surface area (Å²) in [6.07, 6.45) is 5.19. The number of carboxylic acids is 2. The summed E-state index contributed by atoms with van der Waals surface area (Å²) in [6, 6.07) is 0. The highest BCUT2D eigenvalue weighted by molar-refractivity contribution is 6.92. The smallest absolute Gasteiger partial charge is 0.314 e. The normalized spacial score (nSPS) is 12.7. The van der Waals surface area contributed by atoms with Crippen LogP contribution in [0.5, 0.6) is 0 Å². The molecule has 0 radical (unpaired) electrons. The third kappa shape index (κ3) is 12.1. The van der Waals surface area contributed by atoms with E-state index in [0.29, 0.717) is 0 Å². The molecule has 4 nitrogen and oxygen atoms in total. The molecular weight excluding hydrogens is 179 g/mol. The molecule has 1 unspecified atom stereocenters. The van der Waals surface area contributed by atoms with Gasteiger partial charge in [-0.1, -0.05) is 25.7 Å². The van der Waals surface area contributed by atoms with Gasteiger partial charge in [0.25, 0.3) is 0 Å². The van der Waals surface area contributed by atoms with Gasteiger partial charge in [0.05, 0.1) is 0 Å². The summed E-state index contributed by atoms with van der Waals surface area (Å²) in [6.45, 7) is 0. The minimum Gasteiger partial charge on any atom is -0.481 e. The number of aliphatic carboxylic acids is 2. The van der Waals surface area contributed by atoms with E-state index in [-0.39, 0.29) is 9.90 Å². The summed E-state index contributed by atoms with van der Waals surface area (Å²) in [4.78, 5) is 18.9. The van der Waals surface area contributed by atoms with E-state index >= 15 is 0 Å². The average molecular weight is 194 g/mol. The van der Waals surface area contributed by atoms with Gasteiger partial charge in [-0.2, -0.15) is 9.90 Å². The summed E-state index contributed by atoms with van der Waals surface area (Å²) >= 11 is 0. The van der Waals surface area contributed by atoms with Crippen LogP contribution in [0.3, 0.4) is 0 Å². The Hall–Kier alpha value is -0.630. The Kier molecular flexibility index (Phi) is 9.83. The molecule has 1 atom stereocenters. The summed E-state index contributed by atoms with van der Waals surface area (Å²) in [7, 11) is 0. The van der Waals surface area contributed by atoms with Crippen molar-refractivity contribution in [1.82, 2.24) is 0 Å². The first kappa shape index (κ1) is 13.9. The van der Waals surface area contributed by atoms with Crippen LogP contribution in [0.1, 0.15) is 32.1 Å². The molecule has 1 rings (SSSR count). The molecule has 0 aromatic heterocycles. The lowest BCUT2D eigenvalue weighted by atomic mass is 10.0. The Bertz CT molecular complexity index is 126. The van der Waals surface area contributed by atoms with Crippen LogP contribution in [0, 0.1) is 0 Å². The fourth-order valence-electron chi connectivity index (χ4n) is 0.379. The van der Waals surface area contributed by atoms with Gasteiger partial charge in [0, 0.05) is 0 Å². The second kappa shape index (κ2) is 8.47. The Morgan fingerprint density at radius 2 is 1.17 bits per heavy atom. The molecule has 0 aliphatic heterocycles. The van der Waals surface area contributed by atoms with Gasteiger partial charge in [-0.05, 0) is 0 Å². The molecule has 0 heterocycles. The highest BCUT2D eigenvalue weighted by atomic mass is 31.0. The van der Waals surface area contributed by atoms with Crippen molar-refractivity contribution >= 4 is 21.8 Å². The average Bonchev–Trinajstić information content (AvgIpc) is 1.52. The molecule has 72 valence electrons. The molecule has 0 bridgehead atoms. The Labute approximate surface area is 74.6 Å². The van der Waals surface area contributed by atoms with E-state index in [1.807, 2.05) is 0 Å². The van der Waals surface area contributed by atoms with Crippen molar-refractivity contribution in [1.29, 1.82) is 0 Å². The van der Waals surface area contributed by atoms with Gasteiger partial charge < -0.3 is 10.2 Å². The van der Waals surface area contributed by atoms with Crippen LogP contribution in [0.15, 0.2) is 0 Å². The van der Waals surface area contributed by atoms with Crippen LogP contribution in [0.2, 0.25) is 0 Å². The predicted octanol–water partition coefficient (Wildman–Crippen LogP) is 1.16. The summed E-state index contributed by atoms with van der Waals surface area (Å²) in [5.74, 6) is -2.62. The molecule has 1 fully saturated rings. The Morgan fingerprint density at radius 1 is 0.917 bits per heavy atom. The van der Waals surface area contributed by atoms with E-state index in [1.54, 1.807) is 0 Å². The lowest BCUT2D eigenvalue weighted by molar-refractivity contribution is -0.147. The quantitative estimate of drug-likeness (QED) is 0.511. The maximum Gasteiger partial charge on any atom is 0.314 e. The molecule has 12 heavy (non-hydrogen) atoms. The molecule has 2 N–H and O–H groups in total. The highest BCUT2D eigenvalue weighted by Gasteiger charge is 2.01. The molecule has 5 heteroatoms. The van der Waals surface area contributed by atoms with Gasteiger partial charge in [0.2, 0.25) is 0 Å². The Balaban J connectivity index is 0. The van der Waals surface area contributed by atoms with Crippen LogP contribution in [-0.4, -0.2) is 22.2 Å². The van der Waals surface area contributed by atoms with E-state index in [2.05, 4.69) is 0 Å². The third-order valence-corrected chi connectivity index (χ3v) is 1.30. The van der Waals surface area contributed by atoms with Crippen LogP contribution in [0.4, 0.5) is 0 Å². The monoisotopic (exact) mass is 194 g/mol. The van der Waals surface area contributed by atoms with Crippen molar-refractivity contribution < 1.29 is 19.8 Å². The second-order valence-electron chi connectivity index (χ2n) is 2.38. The minimum absolute atomic E-state index is 0. The van der Waals surface area contributed by atoms with Gasteiger partial charge in [-0.3, -0.25) is 9.59 Å². The molecule has 0 aromatic carbocycles. The minimum atomic E-state index is -1.31. The molecular formula is C7H15O4P. The first-order valence-electron chi connectivity index (χ1n) is 3.56.